The molecule has 2 N–H and O–H groups in total. The van der Waals surface area contributed by atoms with Crippen LogP contribution in [0, 0.1) is 5.92 Å². The van der Waals surface area contributed by atoms with Gasteiger partial charge in [-0.1, -0.05) is 32.0 Å². The molecular weight excluding hydrogens is 425 g/mol. The molecule has 0 aliphatic rings. The molecule has 0 saturated heterocycles. The minimum atomic E-state index is 0. The zero-order chi connectivity index (χ0) is 17.5. The SMILES string of the molecule is CCNC(=NCc1cc(N(C)C)nc2ccccc12)NCC(C)C.I. The van der Waals surface area contributed by atoms with Crippen LogP contribution in [0.25, 0.3) is 10.9 Å². The summed E-state index contributed by atoms with van der Waals surface area (Å²) in [6, 6.07) is 10.4. The van der Waals surface area contributed by atoms with Gasteiger partial charge in [0.05, 0.1) is 12.1 Å². The number of rotatable bonds is 6. The molecule has 0 atom stereocenters. The zero-order valence-corrected chi connectivity index (χ0v) is 18.2. The maximum Gasteiger partial charge on any atom is 0.191 e. The fraction of sp³-hybridized carbons (Fsp3) is 0.474. The van der Waals surface area contributed by atoms with Crippen molar-refractivity contribution in [2.24, 2.45) is 10.9 Å². The fourth-order valence-corrected chi connectivity index (χ4v) is 2.40. The summed E-state index contributed by atoms with van der Waals surface area (Å²) in [6.07, 6.45) is 0. The van der Waals surface area contributed by atoms with E-state index in [0.29, 0.717) is 12.5 Å². The molecule has 0 fully saturated rings. The van der Waals surface area contributed by atoms with Crippen LogP contribution in [0.5, 0.6) is 0 Å². The lowest BCUT2D eigenvalue weighted by molar-refractivity contribution is 0.615. The molecule has 1 aromatic carbocycles. The standard InChI is InChI=1S/C19H29N5.HI/c1-6-20-19(21-12-14(2)3)22-13-15-11-18(24(4)5)23-17-10-8-7-9-16(15)17;/h7-11,14H,6,12-13H2,1-5H3,(H2,20,21,22);1H. The van der Waals surface area contributed by atoms with Gasteiger partial charge in [-0.25, -0.2) is 9.98 Å². The van der Waals surface area contributed by atoms with Crippen LogP contribution in [-0.4, -0.2) is 38.1 Å². The first-order valence-electron chi connectivity index (χ1n) is 8.59. The quantitative estimate of drug-likeness (QED) is 0.397. The maximum atomic E-state index is 4.75. The molecule has 1 aromatic heterocycles. The second-order valence-electron chi connectivity index (χ2n) is 6.52. The topological polar surface area (TPSA) is 52.6 Å². The first-order chi connectivity index (χ1) is 11.5. The predicted molar refractivity (Wildman–Crippen MR) is 119 cm³/mol. The molecule has 6 heteroatoms. The van der Waals surface area contributed by atoms with Gasteiger partial charge in [0.1, 0.15) is 5.82 Å². The van der Waals surface area contributed by atoms with E-state index in [0.717, 1.165) is 35.8 Å². The molecule has 0 spiro atoms. The molecular formula is C19H30IN5. The number of aliphatic imine (C=N–C) groups is 1. The molecule has 0 aliphatic heterocycles. The number of benzene rings is 1. The Morgan fingerprint density at radius 1 is 1.20 bits per heavy atom. The molecule has 1 heterocycles. The number of nitrogens with zero attached hydrogens (tertiary/aromatic N) is 3. The largest absolute Gasteiger partial charge is 0.363 e. The highest BCUT2D eigenvalue weighted by Crippen LogP contribution is 2.22. The number of aromatic nitrogens is 1. The van der Waals surface area contributed by atoms with Crippen LogP contribution >= 0.6 is 24.0 Å². The second kappa shape index (κ2) is 10.4. The van der Waals surface area contributed by atoms with Crippen molar-refractivity contribution in [3.63, 3.8) is 0 Å². The minimum Gasteiger partial charge on any atom is -0.363 e. The van der Waals surface area contributed by atoms with Crippen molar-refractivity contribution in [1.29, 1.82) is 0 Å². The number of anilines is 1. The molecule has 0 amide bonds. The van der Waals surface area contributed by atoms with Crippen LogP contribution in [0.2, 0.25) is 0 Å². The molecule has 0 unspecified atom stereocenters. The van der Waals surface area contributed by atoms with Crippen molar-refractivity contribution < 1.29 is 0 Å². The lowest BCUT2D eigenvalue weighted by Crippen LogP contribution is -2.39. The molecule has 138 valence electrons. The number of nitrogens with one attached hydrogen (secondary N) is 2. The van der Waals surface area contributed by atoms with Crippen LogP contribution in [0.15, 0.2) is 35.3 Å². The number of fused-ring (bicyclic) bond motifs is 1. The predicted octanol–water partition coefficient (Wildman–Crippen LogP) is 3.63. The summed E-state index contributed by atoms with van der Waals surface area (Å²) in [5.41, 5.74) is 2.19. The average Bonchev–Trinajstić information content (AvgIpc) is 2.56. The van der Waals surface area contributed by atoms with Crippen LogP contribution in [0.3, 0.4) is 0 Å². The Hall–Kier alpha value is -1.57. The van der Waals surface area contributed by atoms with E-state index in [4.69, 9.17) is 9.98 Å². The Labute approximate surface area is 168 Å². The Balaban J connectivity index is 0.00000312. The van der Waals surface area contributed by atoms with Crippen molar-refractivity contribution in [2.45, 2.75) is 27.3 Å². The van der Waals surface area contributed by atoms with Gasteiger partial charge in [-0.15, -0.1) is 24.0 Å². The summed E-state index contributed by atoms with van der Waals surface area (Å²) < 4.78 is 0. The van der Waals surface area contributed by atoms with Gasteiger partial charge in [-0.2, -0.15) is 0 Å². The monoisotopic (exact) mass is 455 g/mol. The third kappa shape index (κ3) is 6.34. The lowest BCUT2D eigenvalue weighted by atomic mass is 10.1. The third-order valence-electron chi connectivity index (χ3n) is 3.68. The molecule has 5 nitrogen and oxygen atoms in total. The van der Waals surface area contributed by atoms with Gasteiger partial charge in [-0.05, 0) is 30.5 Å². The van der Waals surface area contributed by atoms with Crippen LogP contribution in [-0.2, 0) is 6.54 Å². The number of hydrogen-bond donors (Lipinski definition) is 2. The van der Waals surface area contributed by atoms with Gasteiger partial charge < -0.3 is 15.5 Å². The van der Waals surface area contributed by atoms with E-state index in [1.165, 1.54) is 5.56 Å². The Morgan fingerprint density at radius 3 is 2.56 bits per heavy atom. The van der Waals surface area contributed by atoms with E-state index >= 15 is 0 Å². The van der Waals surface area contributed by atoms with E-state index < -0.39 is 0 Å². The molecule has 2 aromatic rings. The summed E-state index contributed by atoms with van der Waals surface area (Å²) in [4.78, 5) is 11.5. The van der Waals surface area contributed by atoms with Crippen LogP contribution in [0.4, 0.5) is 5.82 Å². The Kier molecular flexibility index (Phi) is 8.96. The van der Waals surface area contributed by atoms with Gasteiger partial charge in [0, 0.05) is 32.6 Å². The maximum absolute atomic E-state index is 4.75. The lowest BCUT2D eigenvalue weighted by Gasteiger charge is -2.16. The number of pyridine rings is 1. The zero-order valence-electron chi connectivity index (χ0n) is 15.8. The smallest absolute Gasteiger partial charge is 0.191 e. The normalized spacial score (nSPS) is 11.4. The molecule has 0 radical (unpaired) electrons. The second-order valence-corrected chi connectivity index (χ2v) is 6.52. The van der Waals surface area contributed by atoms with Gasteiger partial charge in [-0.3, -0.25) is 0 Å². The summed E-state index contributed by atoms with van der Waals surface area (Å²) in [5, 5.41) is 7.85. The fourth-order valence-electron chi connectivity index (χ4n) is 2.40. The van der Waals surface area contributed by atoms with Crippen molar-refractivity contribution in [2.75, 3.05) is 32.1 Å². The highest BCUT2D eigenvalue weighted by atomic mass is 127. The number of hydrogen-bond acceptors (Lipinski definition) is 3. The molecule has 0 aliphatic carbocycles. The summed E-state index contributed by atoms with van der Waals surface area (Å²) in [5.74, 6) is 2.40. The van der Waals surface area contributed by atoms with Gasteiger partial charge in [0.25, 0.3) is 0 Å². The first kappa shape index (κ1) is 21.5. The number of halogens is 1. The van der Waals surface area contributed by atoms with E-state index in [9.17, 15) is 0 Å². The third-order valence-corrected chi connectivity index (χ3v) is 3.68. The van der Waals surface area contributed by atoms with Gasteiger partial charge in [0.2, 0.25) is 0 Å². The molecule has 0 bridgehead atoms. The van der Waals surface area contributed by atoms with Crippen molar-refractivity contribution >= 4 is 46.7 Å². The van der Waals surface area contributed by atoms with E-state index in [1.807, 2.05) is 25.1 Å². The molecule has 0 saturated carbocycles. The molecule has 25 heavy (non-hydrogen) atoms. The van der Waals surface area contributed by atoms with Crippen molar-refractivity contribution in [1.82, 2.24) is 15.6 Å². The first-order valence-corrected chi connectivity index (χ1v) is 8.59. The van der Waals surface area contributed by atoms with Crippen LogP contribution in [0.1, 0.15) is 26.3 Å². The van der Waals surface area contributed by atoms with E-state index in [1.54, 1.807) is 0 Å². The van der Waals surface area contributed by atoms with Gasteiger partial charge >= 0.3 is 0 Å². The van der Waals surface area contributed by atoms with Crippen molar-refractivity contribution in [3.05, 3.63) is 35.9 Å². The highest BCUT2D eigenvalue weighted by Gasteiger charge is 2.07. The average molecular weight is 455 g/mol. The van der Waals surface area contributed by atoms with E-state index in [2.05, 4.69) is 55.7 Å². The van der Waals surface area contributed by atoms with E-state index in [-0.39, 0.29) is 24.0 Å². The van der Waals surface area contributed by atoms with Crippen molar-refractivity contribution in [3.8, 4) is 0 Å². The number of para-hydroxylation sites is 1. The Morgan fingerprint density at radius 2 is 1.92 bits per heavy atom. The summed E-state index contributed by atoms with van der Waals surface area (Å²) in [6.45, 7) is 8.85. The summed E-state index contributed by atoms with van der Waals surface area (Å²) >= 11 is 0. The van der Waals surface area contributed by atoms with Gasteiger partial charge in [0.15, 0.2) is 5.96 Å². The highest BCUT2D eigenvalue weighted by molar-refractivity contribution is 14.0. The number of guanidine groups is 1. The Bertz CT molecular complexity index is 697. The molecule has 2 rings (SSSR count). The summed E-state index contributed by atoms with van der Waals surface area (Å²) in [7, 11) is 4.02. The minimum absolute atomic E-state index is 0. The van der Waals surface area contributed by atoms with Crippen LogP contribution < -0.4 is 15.5 Å².